The molecule has 0 saturated heterocycles. The molecule has 1 unspecified atom stereocenters. The van der Waals surface area contributed by atoms with Crippen molar-refractivity contribution in [3.05, 3.63) is 59.8 Å². The average molecular weight is 469 g/mol. The van der Waals surface area contributed by atoms with Crippen LogP contribution in [-0.2, 0) is 16.4 Å². The van der Waals surface area contributed by atoms with Gasteiger partial charge in [0.15, 0.2) is 0 Å². The highest BCUT2D eigenvalue weighted by Crippen LogP contribution is 2.40. The van der Waals surface area contributed by atoms with Gasteiger partial charge in [0.2, 0.25) is 10.0 Å². The predicted molar refractivity (Wildman–Crippen MR) is 97.9 cm³/mol. The summed E-state index contributed by atoms with van der Waals surface area (Å²) in [5, 5.41) is 0.289. The van der Waals surface area contributed by atoms with E-state index < -0.39 is 56.8 Å². The molecule has 5 nitrogen and oxygen atoms in total. The monoisotopic (exact) mass is 469 g/mol. The highest BCUT2D eigenvalue weighted by molar-refractivity contribution is 7.89. The predicted octanol–water partition coefficient (Wildman–Crippen LogP) is 4.12. The zero-order valence-corrected chi connectivity index (χ0v) is 16.1. The third kappa shape index (κ3) is 4.32. The molecule has 0 amide bonds. The Kier molecular flexibility index (Phi) is 5.69. The molecule has 2 aromatic carbocycles. The van der Waals surface area contributed by atoms with Crippen LogP contribution in [0.25, 0.3) is 10.9 Å². The van der Waals surface area contributed by atoms with Gasteiger partial charge in [-0.05, 0) is 24.1 Å². The molecule has 0 aliphatic heterocycles. The fraction of sp³-hybridized carbons (Fsp3) is 0.222. The Morgan fingerprint density at radius 2 is 1.71 bits per heavy atom. The van der Waals surface area contributed by atoms with Gasteiger partial charge in [-0.1, -0.05) is 18.2 Å². The molecule has 13 heteroatoms. The Hall–Kier alpha value is -2.80. The van der Waals surface area contributed by atoms with Gasteiger partial charge in [-0.3, -0.25) is 0 Å². The second-order valence-corrected chi connectivity index (χ2v) is 8.32. The number of anilines is 1. The number of rotatable bonds is 6. The van der Waals surface area contributed by atoms with Gasteiger partial charge in [0, 0.05) is 23.2 Å². The maximum absolute atomic E-state index is 14.3. The molecule has 168 valence electrons. The number of nitrogens with two attached hydrogens (primary N) is 1. The lowest BCUT2D eigenvalue weighted by molar-refractivity contribution is -0.291. The number of fused-ring (bicyclic) bond motifs is 1. The lowest BCUT2D eigenvalue weighted by Crippen LogP contribution is -2.56. The van der Waals surface area contributed by atoms with Crippen molar-refractivity contribution >= 4 is 26.6 Å². The lowest BCUT2D eigenvalue weighted by atomic mass is 10.0. The molecule has 0 bridgehead atoms. The van der Waals surface area contributed by atoms with Crippen LogP contribution < -0.4 is 10.5 Å². The molecule has 0 aliphatic carbocycles. The third-order valence-corrected chi connectivity index (χ3v) is 6.08. The first kappa shape index (κ1) is 22.9. The number of para-hydroxylation sites is 1. The average Bonchev–Trinajstić information content (AvgIpc) is 3.02. The number of halogens is 7. The van der Waals surface area contributed by atoms with Crippen molar-refractivity contribution in [1.82, 2.24) is 9.71 Å². The van der Waals surface area contributed by atoms with Crippen molar-refractivity contribution in [2.75, 3.05) is 5.73 Å². The number of benzene rings is 2. The standard InChI is InChI=1S/C18H14F7N3O2S/c19-10-6-12(20)16(13(26)7-10)31(29,30)28-15(17(21,22)18(23,24)25)5-9-8-27-14-4-2-1-3-11(9)14/h1-4,6-8,15,27-28H,5,26H2. The van der Waals surface area contributed by atoms with E-state index in [9.17, 15) is 39.2 Å². The molecule has 0 saturated carbocycles. The van der Waals surface area contributed by atoms with Crippen LogP contribution in [0.5, 0.6) is 0 Å². The maximum Gasteiger partial charge on any atom is 0.454 e. The van der Waals surface area contributed by atoms with Gasteiger partial charge in [0.25, 0.3) is 0 Å². The van der Waals surface area contributed by atoms with Crippen molar-refractivity contribution < 1.29 is 39.2 Å². The summed E-state index contributed by atoms with van der Waals surface area (Å²) in [7, 11) is -5.34. The zero-order valence-electron chi connectivity index (χ0n) is 15.3. The first-order valence-electron chi connectivity index (χ1n) is 8.50. The summed E-state index contributed by atoms with van der Waals surface area (Å²) in [6.45, 7) is 0. The van der Waals surface area contributed by atoms with Crippen LogP contribution in [0.15, 0.2) is 47.5 Å². The van der Waals surface area contributed by atoms with Crippen molar-refractivity contribution in [2.45, 2.75) is 29.5 Å². The maximum atomic E-state index is 14.3. The van der Waals surface area contributed by atoms with Crippen molar-refractivity contribution in [1.29, 1.82) is 0 Å². The van der Waals surface area contributed by atoms with Crippen LogP contribution in [0.4, 0.5) is 36.4 Å². The van der Waals surface area contributed by atoms with Gasteiger partial charge in [0.1, 0.15) is 16.5 Å². The molecule has 1 aromatic heterocycles. The summed E-state index contributed by atoms with van der Waals surface area (Å²) < 4.78 is 121. The Balaban J connectivity index is 2.07. The minimum atomic E-state index is -6.13. The number of aromatic amines is 1. The van der Waals surface area contributed by atoms with E-state index in [4.69, 9.17) is 5.73 Å². The molecule has 0 radical (unpaired) electrons. The number of alkyl halides is 5. The fourth-order valence-electron chi connectivity index (χ4n) is 3.07. The number of nitrogen functional groups attached to an aromatic ring is 1. The molecule has 31 heavy (non-hydrogen) atoms. The number of hydrogen-bond acceptors (Lipinski definition) is 3. The third-order valence-electron chi connectivity index (χ3n) is 4.52. The van der Waals surface area contributed by atoms with Gasteiger partial charge in [-0.25, -0.2) is 21.9 Å². The number of H-pyrrole nitrogens is 1. The van der Waals surface area contributed by atoms with E-state index in [0.717, 1.165) is 6.20 Å². The lowest BCUT2D eigenvalue weighted by Gasteiger charge is -2.29. The summed E-state index contributed by atoms with van der Waals surface area (Å²) in [5.41, 5.74) is 4.66. The highest BCUT2D eigenvalue weighted by atomic mass is 32.2. The van der Waals surface area contributed by atoms with Crippen LogP contribution in [0, 0.1) is 11.6 Å². The van der Waals surface area contributed by atoms with Gasteiger partial charge in [-0.2, -0.15) is 22.0 Å². The number of nitrogens with one attached hydrogen (secondary N) is 2. The highest BCUT2D eigenvalue weighted by Gasteiger charge is 2.63. The molecular formula is C18H14F7N3O2S. The van der Waals surface area contributed by atoms with Gasteiger partial charge < -0.3 is 10.7 Å². The topological polar surface area (TPSA) is 88.0 Å². The number of aromatic nitrogens is 1. The number of sulfonamides is 1. The molecule has 0 spiro atoms. The Morgan fingerprint density at radius 3 is 2.32 bits per heavy atom. The molecule has 3 rings (SSSR count). The van der Waals surface area contributed by atoms with Gasteiger partial charge in [0.05, 0.1) is 11.7 Å². The number of hydrogen-bond donors (Lipinski definition) is 3. The van der Waals surface area contributed by atoms with Crippen LogP contribution in [-0.4, -0.2) is 31.5 Å². The molecule has 3 aromatic rings. The minimum Gasteiger partial charge on any atom is -0.397 e. The van der Waals surface area contributed by atoms with Crippen LogP contribution in [0.2, 0.25) is 0 Å². The van der Waals surface area contributed by atoms with E-state index in [1.54, 1.807) is 6.07 Å². The summed E-state index contributed by atoms with van der Waals surface area (Å²) in [4.78, 5) is 1.24. The van der Waals surface area contributed by atoms with E-state index in [2.05, 4.69) is 4.98 Å². The van der Waals surface area contributed by atoms with Crippen molar-refractivity contribution in [2.24, 2.45) is 0 Å². The fourth-order valence-corrected chi connectivity index (χ4v) is 4.48. The molecule has 0 aliphatic rings. The summed E-state index contributed by atoms with van der Waals surface area (Å²) in [6, 6.07) is 3.53. The second kappa shape index (κ2) is 7.71. The van der Waals surface area contributed by atoms with Gasteiger partial charge >= 0.3 is 12.1 Å². The van der Waals surface area contributed by atoms with Crippen LogP contribution in [0.3, 0.4) is 0 Å². The molecule has 4 N–H and O–H groups in total. The molecule has 0 fully saturated rings. The van der Waals surface area contributed by atoms with E-state index in [1.165, 1.54) is 22.9 Å². The Morgan fingerprint density at radius 1 is 1.06 bits per heavy atom. The summed E-state index contributed by atoms with van der Waals surface area (Å²) in [6.07, 6.45) is -6.07. The first-order chi connectivity index (χ1) is 14.2. The van der Waals surface area contributed by atoms with Crippen molar-refractivity contribution in [3.63, 3.8) is 0 Å². The molecular weight excluding hydrogens is 455 g/mol. The largest absolute Gasteiger partial charge is 0.454 e. The molecule has 1 atom stereocenters. The van der Waals surface area contributed by atoms with E-state index in [1.807, 2.05) is 0 Å². The SMILES string of the molecule is Nc1cc(F)cc(F)c1S(=O)(=O)NC(Cc1c[nH]c2ccccc12)C(F)(F)C(F)(F)F. The van der Waals surface area contributed by atoms with Crippen molar-refractivity contribution in [3.8, 4) is 0 Å². The zero-order chi connectivity index (χ0) is 23.2. The van der Waals surface area contributed by atoms with Crippen LogP contribution >= 0.6 is 0 Å². The van der Waals surface area contributed by atoms with Crippen LogP contribution in [0.1, 0.15) is 5.56 Å². The van der Waals surface area contributed by atoms with E-state index in [-0.39, 0.29) is 17.0 Å². The molecule has 1 heterocycles. The van der Waals surface area contributed by atoms with Gasteiger partial charge in [-0.15, -0.1) is 0 Å². The van der Waals surface area contributed by atoms with E-state index in [0.29, 0.717) is 11.6 Å². The Bertz CT molecular complexity index is 1200. The summed E-state index contributed by atoms with van der Waals surface area (Å²) in [5.74, 6) is -8.54. The normalized spacial score (nSPS) is 14.2. The summed E-state index contributed by atoms with van der Waals surface area (Å²) >= 11 is 0. The quantitative estimate of drug-likeness (QED) is 0.375. The smallest absolute Gasteiger partial charge is 0.397 e. The second-order valence-electron chi connectivity index (χ2n) is 6.66. The minimum absolute atomic E-state index is 0.0419. The Labute approximate surface area is 171 Å². The van der Waals surface area contributed by atoms with E-state index >= 15 is 0 Å². The first-order valence-corrected chi connectivity index (χ1v) is 9.98.